The van der Waals surface area contributed by atoms with Gasteiger partial charge in [0.2, 0.25) is 0 Å². The number of methoxy groups -OCH3 is 1. The maximum absolute atomic E-state index is 11.4. The maximum atomic E-state index is 11.4. The molecule has 0 aromatic heterocycles. The summed E-state index contributed by atoms with van der Waals surface area (Å²) in [5, 5.41) is 11.7. The van der Waals surface area contributed by atoms with Crippen molar-refractivity contribution in [3.05, 3.63) is 11.3 Å². The first-order valence-electron chi connectivity index (χ1n) is 4.94. The number of carbonyl (C=O) groups excluding carboxylic acids is 1. The lowest BCUT2D eigenvalue weighted by atomic mass is 9.96. The zero-order valence-electron chi connectivity index (χ0n) is 8.51. The number of hydrogen-bond donors (Lipinski definition) is 2. The second-order valence-corrected chi connectivity index (χ2v) is 3.31. The van der Waals surface area contributed by atoms with Crippen LogP contribution in [0.15, 0.2) is 11.3 Å². The Balaban J connectivity index is 2.69. The van der Waals surface area contributed by atoms with Crippen molar-refractivity contribution in [1.82, 2.24) is 5.32 Å². The van der Waals surface area contributed by atoms with Gasteiger partial charge in [-0.1, -0.05) is 0 Å². The Morgan fingerprint density at radius 2 is 2.21 bits per heavy atom. The molecule has 0 aromatic rings. The van der Waals surface area contributed by atoms with Gasteiger partial charge in [-0.25, -0.2) is 4.79 Å². The molecule has 0 fully saturated rings. The molecule has 0 atom stereocenters. The Bertz CT molecular complexity index is 236. The summed E-state index contributed by atoms with van der Waals surface area (Å²) in [6.07, 6.45) is 3.79. The predicted molar refractivity (Wildman–Crippen MR) is 52.6 cm³/mol. The van der Waals surface area contributed by atoms with Crippen LogP contribution in [-0.4, -0.2) is 31.3 Å². The highest BCUT2D eigenvalue weighted by atomic mass is 16.5. The summed E-state index contributed by atoms with van der Waals surface area (Å²) < 4.78 is 4.70. The molecule has 0 aliphatic heterocycles. The summed E-state index contributed by atoms with van der Waals surface area (Å²) >= 11 is 0. The number of hydrogen-bond acceptors (Lipinski definition) is 4. The molecule has 0 radical (unpaired) electrons. The molecule has 80 valence electrons. The van der Waals surface area contributed by atoms with Gasteiger partial charge in [0.15, 0.2) is 0 Å². The Morgan fingerprint density at radius 3 is 2.86 bits per heavy atom. The van der Waals surface area contributed by atoms with Crippen molar-refractivity contribution < 1.29 is 14.6 Å². The Kier molecular flexibility index (Phi) is 4.46. The summed E-state index contributed by atoms with van der Waals surface area (Å²) in [6, 6.07) is 0. The zero-order valence-corrected chi connectivity index (χ0v) is 8.51. The van der Waals surface area contributed by atoms with Gasteiger partial charge >= 0.3 is 5.97 Å². The number of rotatable bonds is 4. The van der Waals surface area contributed by atoms with Gasteiger partial charge in [-0.15, -0.1) is 0 Å². The van der Waals surface area contributed by atoms with Crippen molar-refractivity contribution in [2.45, 2.75) is 25.7 Å². The van der Waals surface area contributed by atoms with E-state index in [1.165, 1.54) is 7.11 Å². The largest absolute Gasteiger partial charge is 0.466 e. The number of carbonyl (C=O) groups is 1. The fraction of sp³-hybridized carbons (Fsp3) is 0.700. The van der Waals surface area contributed by atoms with E-state index in [1.807, 2.05) is 0 Å². The molecule has 0 heterocycles. The minimum Gasteiger partial charge on any atom is -0.466 e. The molecule has 0 saturated heterocycles. The first-order chi connectivity index (χ1) is 6.79. The van der Waals surface area contributed by atoms with E-state index in [1.54, 1.807) is 0 Å². The van der Waals surface area contributed by atoms with E-state index in [0.717, 1.165) is 37.0 Å². The molecule has 0 amide bonds. The molecule has 1 rings (SSSR count). The van der Waals surface area contributed by atoms with Crippen LogP contribution < -0.4 is 5.32 Å². The smallest absolute Gasteiger partial charge is 0.335 e. The maximum Gasteiger partial charge on any atom is 0.335 e. The third-order valence-electron chi connectivity index (χ3n) is 2.35. The summed E-state index contributed by atoms with van der Waals surface area (Å²) in [5.74, 6) is -0.245. The molecule has 1 aliphatic rings. The van der Waals surface area contributed by atoms with Crippen LogP contribution in [0.25, 0.3) is 0 Å². The van der Waals surface area contributed by atoms with Crippen molar-refractivity contribution in [2.24, 2.45) is 0 Å². The Labute approximate surface area is 83.9 Å². The Hall–Kier alpha value is -1.03. The molecule has 0 aromatic carbocycles. The van der Waals surface area contributed by atoms with Crippen LogP contribution in [0.1, 0.15) is 25.7 Å². The molecular formula is C10H17NO3. The summed E-state index contributed by atoms with van der Waals surface area (Å²) in [7, 11) is 1.40. The van der Waals surface area contributed by atoms with Gasteiger partial charge in [0, 0.05) is 12.2 Å². The quantitative estimate of drug-likeness (QED) is 0.650. The third-order valence-corrected chi connectivity index (χ3v) is 2.35. The van der Waals surface area contributed by atoms with Crippen LogP contribution in [0.5, 0.6) is 0 Å². The van der Waals surface area contributed by atoms with Gasteiger partial charge in [-0.05, 0) is 25.7 Å². The van der Waals surface area contributed by atoms with Crippen LogP contribution in [0, 0.1) is 0 Å². The lowest BCUT2D eigenvalue weighted by Crippen LogP contribution is -2.24. The van der Waals surface area contributed by atoms with Crippen molar-refractivity contribution in [1.29, 1.82) is 0 Å². The van der Waals surface area contributed by atoms with E-state index in [2.05, 4.69) is 5.32 Å². The topological polar surface area (TPSA) is 58.6 Å². The molecular weight excluding hydrogens is 182 g/mol. The monoisotopic (exact) mass is 199 g/mol. The summed E-state index contributed by atoms with van der Waals surface area (Å²) in [4.78, 5) is 11.4. The minimum atomic E-state index is -0.245. The third kappa shape index (κ3) is 2.73. The van der Waals surface area contributed by atoms with Crippen molar-refractivity contribution in [3.8, 4) is 0 Å². The van der Waals surface area contributed by atoms with E-state index in [9.17, 15) is 4.79 Å². The molecule has 0 saturated carbocycles. The molecule has 1 aliphatic carbocycles. The minimum absolute atomic E-state index is 0.0813. The van der Waals surface area contributed by atoms with Crippen LogP contribution >= 0.6 is 0 Å². The van der Waals surface area contributed by atoms with E-state index in [4.69, 9.17) is 9.84 Å². The molecule has 0 unspecified atom stereocenters. The predicted octanol–water partition coefficient (Wildman–Crippen LogP) is 0.569. The fourth-order valence-corrected chi connectivity index (χ4v) is 1.66. The number of ether oxygens (including phenoxy) is 1. The average Bonchev–Trinajstić information content (AvgIpc) is 2.25. The number of allylic oxidation sites excluding steroid dienone is 1. The zero-order chi connectivity index (χ0) is 10.4. The van der Waals surface area contributed by atoms with Crippen molar-refractivity contribution in [3.63, 3.8) is 0 Å². The SMILES string of the molecule is COC(=O)C1=C(NCCO)CCCC1. The normalized spacial score (nSPS) is 16.7. The van der Waals surface area contributed by atoms with Crippen LogP contribution in [-0.2, 0) is 9.53 Å². The first kappa shape index (κ1) is 11.0. The van der Waals surface area contributed by atoms with Gasteiger partial charge in [0.25, 0.3) is 0 Å². The highest BCUT2D eigenvalue weighted by molar-refractivity contribution is 5.89. The number of esters is 1. The number of nitrogens with one attached hydrogen (secondary N) is 1. The van der Waals surface area contributed by atoms with E-state index in [0.29, 0.717) is 6.54 Å². The summed E-state index contributed by atoms with van der Waals surface area (Å²) in [6.45, 7) is 0.577. The lowest BCUT2D eigenvalue weighted by Gasteiger charge is -2.19. The van der Waals surface area contributed by atoms with E-state index >= 15 is 0 Å². The second kappa shape index (κ2) is 5.65. The lowest BCUT2D eigenvalue weighted by molar-refractivity contribution is -0.136. The molecule has 14 heavy (non-hydrogen) atoms. The number of aliphatic hydroxyl groups excluding tert-OH is 1. The molecule has 0 bridgehead atoms. The van der Waals surface area contributed by atoms with Crippen molar-refractivity contribution in [2.75, 3.05) is 20.3 Å². The molecule has 4 nitrogen and oxygen atoms in total. The van der Waals surface area contributed by atoms with Crippen LogP contribution in [0.3, 0.4) is 0 Å². The average molecular weight is 199 g/mol. The van der Waals surface area contributed by atoms with Gasteiger partial charge in [-0.3, -0.25) is 0 Å². The standard InChI is InChI=1S/C10H17NO3/c1-14-10(13)8-4-2-3-5-9(8)11-6-7-12/h11-12H,2-7H2,1H3. The highest BCUT2D eigenvalue weighted by Crippen LogP contribution is 2.23. The summed E-state index contributed by atoms with van der Waals surface area (Å²) in [5.41, 5.74) is 1.68. The van der Waals surface area contributed by atoms with E-state index in [-0.39, 0.29) is 12.6 Å². The number of aliphatic hydroxyl groups is 1. The van der Waals surface area contributed by atoms with Gasteiger partial charge in [0.05, 0.1) is 19.3 Å². The van der Waals surface area contributed by atoms with Crippen LogP contribution in [0.2, 0.25) is 0 Å². The first-order valence-corrected chi connectivity index (χ1v) is 4.94. The van der Waals surface area contributed by atoms with E-state index < -0.39 is 0 Å². The molecule has 2 N–H and O–H groups in total. The Morgan fingerprint density at radius 1 is 1.50 bits per heavy atom. The van der Waals surface area contributed by atoms with Crippen molar-refractivity contribution >= 4 is 5.97 Å². The molecule has 4 heteroatoms. The molecule has 0 spiro atoms. The van der Waals surface area contributed by atoms with Gasteiger partial charge in [0.1, 0.15) is 0 Å². The van der Waals surface area contributed by atoms with Gasteiger partial charge < -0.3 is 15.2 Å². The second-order valence-electron chi connectivity index (χ2n) is 3.31. The van der Waals surface area contributed by atoms with Crippen LogP contribution in [0.4, 0.5) is 0 Å². The fourth-order valence-electron chi connectivity index (χ4n) is 1.66. The highest BCUT2D eigenvalue weighted by Gasteiger charge is 2.18. The van der Waals surface area contributed by atoms with Gasteiger partial charge in [-0.2, -0.15) is 0 Å².